The van der Waals surface area contributed by atoms with Crippen molar-refractivity contribution in [1.82, 2.24) is 19.7 Å². The second kappa shape index (κ2) is 7.51. The molecule has 0 bridgehead atoms. The van der Waals surface area contributed by atoms with Crippen molar-refractivity contribution >= 4 is 17.7 Å². The highest BCUT2D eigenvalue weighted by molar-refractivity contribution is 5.95. The smallest absolute Gasteiger partial charge is 0.255 e. The average Bonchev–Trinajstić information content (AvgIpc) is 2.99. The highest BCUT2D eigenvalue weighted by Gasteiger charge is 2.32. The number of rotatable bonds is 2. The average molecular weight is 360 g/mol. The first-order chi connectivity index (χ1) is 12.4. The van der Waals surface area contributed by atoms with Crippen molar-refractivity contribution in [1.29, 1.82) is 0 Å². The molecule has 2 fully saturated rings. The monoisotopic (exact) mass is 360 g/mol. The Morgan fingerprint density at radius 2 is 1.50 bits per heavy atom. The Kier molecular flexibility index (Phi) is 5.34. The van der Waals surface area contributed by atoms with Crippen LogP contribution in [0.1, 0.15) is 41.5 Å². The minimum Gasteiger partial charge on any atom is -0.362 e. The van der Waals surface area contributed by atoms with Crippen LogP contribution in [0.25, 0.3) is 0 Å². The number of piperazine rings is 1. The Balaban J connectivity index is 1.52. The van der Waals surface area contributed by atoms with Gasteiger partial charge in [-0.15, -0.1) is 0 Å². The summed E-state index contributed by atoms with van der Waals surface area (Å²) in [7, 11) is 0. The van der Waals surface area contributed by atoms with E-state index in [1.165, 1.54) is 0 Å². The van der Waals surface area contributed by atoms with E-state index in [-0.39, 0.29) is 23.6 Å². The predicted molar refractivity (Wildman–Crippen MR) is 97.7 cm³/mol. The molecule has 142 valence electrons. The maximum atomic E-state index is 12.7. The summed E-state index contributed by atoms with van der Waals surface area (Å²) in [5.41, 5.74) is 2.60. The summed E-state index contributed by atoms with van der Waals surface area (Å²) in [6.45, 7) is 9.06. The van der Waals surface area contributed by atoms with E-state index < -0.39 is 0 Å². The van der Waals surface area contributed by atoms with Crippen LogP contribution < -0.4 is 0 Å². The Hall–Kier alpha value is -2.31. The molecule has 7 heteroatoms. The van der Waals surface area contributed by atoms with Gasteiger partial charge in [-0.1, -0.05) is 0 Å². The Bertz CT molecular complexity index is 696. The molecule has 0 aromatic carbocycles. The molecule has 7 nitrogen and oxygen atoms in total. The normalized spacial score (nSPS) is 19.0. The molecule has 1 aromatic rings. The van der Waals surface area contributed by atoms with Gasteiger partial charge in [0.1, 0.15) is 0 Å². The number of aromatic nitrogens is 1. The van der Waals surface area contributed by atoms with Gasteiger partial charge in [0.15, 0.2) is 0 Å². The Morgan fingerprint density at radius 1 is 0.923 bits per heavy atom. The molecular formula is C19H28N4O3. The number of H-pyrrole nitrogens is 1. The number of amides is 3. The first-order valence-corrected chi connectivity index (χ1v) is 9.36. The van der Waals surface area contributed by atoms with Crippen LogP contribution in [0.4, 0.5) is 0 Å². The number of piperidine rings is 1. The first-order valence-electron chi connectivity index (χ1n) is 9.36. The summed E-state index contributed by atoms with van der Waals surface area (Å²) in [6, 6.07) is 1.89. The topological polar surface area (TPSA) is 76.7 Å². The summed E-state index contributed by atoms with van der Waals surface area (Å²) in [6.07, 6.45) is 1.47. The lowest BCUT2D eigenvalue weighted by Crippen LogP contribution is -2.53. The third-order valence-electron chi connectivity index (χ3n) is 5.55. The molecule has 0 saturated carbocycles. The molecule has 0 radical (unpaired) electrons. The van der Waals surface area contributed by atoms with Crippen LogP contribution in [-0.2, 0) is 9.59 Å². The summed E-state index contributed by atoms with van der Waals surface area (Å²) in [5.74, 6) is 0.295. The summed E-state index contributed by atoms with van der Waals surface area (Å²) >= 11 is 0. The van der Waals surface area contributed by atoms with Gasteiger partial charge in [-0.3, -0.25) is 14.4 Å². The highest BCUT2D eigenvalue weighted by Crippen LogP contribution is 2.21. The van der Waals surface area contributed by atoms with Crippen molar-refractivity contribution in [2.75, 3.05) is 39.3 Å². The molecule has 3 rings (SSSR count). The molecule has 2 saturated heterocycles. The molecular weight excluding hydrogens is 332 g/mol. The third kappa shape index (κ3) is 3.76. The second-order valence-corrected chi connectivity index (χ2v) is 7.39. The Labute approximate surface area is 154 Å². The van der Waals surface area contributed by atoms with Crippen LogP contribution in [0.3, 0.4) is 0 Å². The summed E-state index contributed by atoms with van der Waals surface area (Å²) < 4.78 is 0. The molecule has 0 unspecified atom stereocenters. The summed E-state index contributed by atoms with van der Waals surface area (Å²) in [4.78, 5) is 45.5. The van der Waals surface area contributed by atoms with Gasteiger partial charge in [0.05, 0.1) is 5.56 Å². The number of hydrogen-bond donors (Lipinski definition) is 1. The zero-order chi connectivity index (χ0) is 18.8. The molecule has 0 aliphatic carbocycles. The SMILES string of the molecule is CC(=O)N1CCC(C(=O)N2CCN(C(=O)c3cc(C)[nH]c3C)CC2)CC1. The Morgan fingerprint density at radius 3 is 2.00 bits per heavy atom. The van der Waals surface area contributed by atoms with E-state index in [4.69, 9.17) is 0 Å². The van der Waals surface area contributed by atoms with Crippen molar-refractivity contribution in [3.8, 4) is 0 Å². The van der Waals surface area contributed by atoms with Crippen LogP contribution in [0.15, 0.2) is 6.07 Å². The van der Waals surface area contributed by atoms with Gasteiger partial charge in [-0.05, 0) is 32.8 Å². The molecule has 1 aromatic heterocycles. The molecule has 3 amide bonds. The number of aromatic amines is 1. The standard InChI is InChI=1S/C19H28N4O3/c1-13-12-17(14(2)20-13)19(26)23-10-8-22(9-11-23)18(25)16-4-6-21(7-5-16)15(3)24/h12,16,20H,4-11H2,1-3H3. The number of hydrogen-bond acceptors (Lipinski definition) is 3. The molecule has 1 N–H and O–H groups in total. The number of carbonyl (C=O) groups is 3. The largest absolute Gasteiger partial charge is 0.362 e. The van der Waals surface area contributed by atoms with Crippen LogP contribution in [0, 0.1) is 19.8 Å². The van der Waals surface area contributed by atoms with Crippen LogP contribution in [-0.4, -0.2) is 76.7 Å². The van der Waals surface area contributed by atoms with E-state index in [1.807, 2.05) is 34.6 Å². The molecule has 26 heavy (non-hydrogen) atoms. The van der Waals surface area contributed by atoms with Crippen molar-refractivity contribution in [2.45, 2.75) is 33.6 Å². The van der Waals surface area contributed by atoms with E-state index in [1.54, 1.807) is 6.92 Å². The fourth-order valence-electron chi connectivity index (χ4n) is 3.95. The lowest BCUT2D eigenvalue weighted by Gasteiger charge is -2.38. The van der Waals surface area contributed by atoms with Gasteiger partial charge in [0, 0.05) is 63.5 Å². The highest BCUT2D eigenvalue weighted by atomic mass is 16.2. The van der Waals surface area contributed by atoms with Crippen molar-refractivity contribution < 1.29 is 14.4 Å². The van der Waals surface area contributed by atoms with Gasteiger partial charge in [-0.25, -0.2) is 0 Å². The van der Waals surface area contributed by atoms with Gasteiger partial charge in [0.2, 0.25) is 11.8 Å². The van der Waals surface area contributed by atoms with Gasteiger partial charge in [-0.2, -0.15) is 0 Å². The number of likely N-dealkylation sites (tertiary alicyclic amines) is 1. The van der Waals surface area contributed by atoms with E-state index >= 15 is 0 Å². The zero-order valence-electron chi connectivity index (χ0n) is 15.9. The van der Waals surface area contributed by atoms with Gasteiger partial charge >= 0.3 is 0 Å². The van der Waals surface area contributed by atoms with E-state index in [2.05, 4.69) is 4.98 Å². The van der Waals surface area contributed by atoms with Crippen molar-refractivity contribution in [3.05, 3.63) is 23.0 Å². The zero-order valence-corrected chi connectivity index (χ0v) is 15.9. The molecule has 0 spiro atoms. The van der Waals surface area contributed by atoms with Gasteiger partial charge in [0.25, 0.3) is 5.91 Å². The number of nitrogens with one attached hydrogen (secondary N) is 1. The van der Waals surface area contributed by atoms with Gasteiger partial charge < -0.3 is 19.7 Å². The first kappa shape index (κ1) is 18.5. The van der Waals surface area contributed by atoms with E-state index in [0.717, 1.165) is 29.8 Å². The third-order valence-corrected chi connectivity index (χ3v) is 5.55. The maximum Gasteiger partial charge on any atom is 0.255 e. The minimum absolute atomic E-state index is 0.00224. The van der Waals surface area contributed by atoms with Crippen LogP contribution in [0.5, 0.6) is 0 Å². The lowest BCUT2D eigenvalue weighted by molar-refractivity contribution is -0.141. The molecule has 0 atom stereocenters. The van der Waals surface area contributed by atoms with Crippen LogP contribution >= 0.6 is 0 Å². The van der Waals surface area contributed by atoms with Crippen LogP contribution in [0.2, 0.25) is 0 Å². The van der Waals surface area contributed by atoms with Crippen molar-refractivity contribution in [2.24, 2.45) is 5.92 Å². The molecule has 3 heterocycles. The number of aryl methyl sites for hydroxylation is 2. The fraction of sp³-hybridized carbons (Fsp3) is 0.632. The predicted octanol–water partition coefficient (Wildman–Crippen LogP) is 1.17. The number of nitrogens with zero attached hydrogens (tertiary/aromatic N) is 3. The maximum absolute atomic E-state index is 12.7. The minimum atomic E-state index is 0.00224. The number of carbonyl (C=O) groups excluding carboxylic acids is 3. The molecule has 2 aliphatic rings. The van der Waals surface area contributed by atoms with E-state index in [0.29, 0.717) is 39.3 Å². The quantitative estimate of drug-likeness (QED) is 0.860. The second-order valence-electron chi connectivity index (χ2n) is 7.39. The van der Waals surface area contributed by atoms with E-state index in [9.17, 15) is 14.4 Å². The molecule has 2 aliphatic heterocycles. The van der Waals surface area contributed by atoms with Crippen molar-refractivity contribution in [3.63, 3.8) is 0 Å². The lowest BCUT2D eigenvalue weighted by atomic mass is 9.95. The fourth-order valence-corrected chi connectivity index (χ4v) is 3.95. The summed E-state index contributed by atoms with van der Waals surface area (Å²) in [5, 5.41) is 0.